The Balaban J connectivity index is 1.82. The minimum atomic E-state index is 0.0747. The highest BCUT2D eigenvalue weighted by molar-refractivity contribution is 5.94. The highest BCUT2D eigenvalue weighted by Crippen LogP contribution is 2.22. The highest BCUT2D eigenvalue weighted by Gasteiger charge is 2.19. The maximum Gasteiger partial charge on any atom is 0.227 e. The molecule has 3 rings (SSSR count). The standard InChI is InChI=1S/C15H18N4O/c1-10-13-8-12(9-16-14(13)19(2)18-10)17-15(20)11-6-4-3-5-7-11/h3-4,8-9,11H,5-7H2,1-2H3,(H,17,20). The first kappa shape index (κ1) is 12.8. The first-order valence-electron chi connectivity index (χ1n) is 6.90. The third-order valence-corrected chi connectivity index (χ3v) is 3.77. The van der Waals surface area contributed by atoms with Crippen LogP contribution in [0.2, 0.25) is 0 Å². The van der Waals surface area contributed by atoms with E-state index in [1.165, 1.54) is 0 Å². The Hall–Kier alpha value is -2.17. The SMILES string of the molecule is Cc1nn(C)c2ncc(NC(=O)C3CC=CCC3)cc12. The van der Waals surface area contributed by atoms with Crippen LogP contribution in [0.3, 0.4) is 0 Å². The van der Waals surface area contributed by atoms with Gasteiger partial charge in [-0.2, -0.15) is 5.10 Å². The topological polar surface area (TPSA) is 59.8 Å². The van der Waals surface area contributed by atoms with Crippen molar-refractivity contribution in [3.8, 4) is 0 Å². The van der Waals surface area contributed by atoms with Gasteiger partial charge >= 0.3 is 0 Å². The number of pyridine rings is 1. The second kappa shape index (κ2) is 5.07. The van der Waals surface area contributed by atoms with Gasteiger partial charge in [0.1, 0.15) is 0 Å². The number of allylic oxidation sites excluding steroid dienone is 2. The summed E-state index contributed by atoms with van der Waals surface area (Å²) >= 11 is 0. The zero-order chi connectivity index (χ0) is 14.1. The van der Waals surface area contributed by atoms with Gasteiger partial charge in [0.05, 0.1) is 17.6 Å². The van der Waals surface area contributed by atoms with E-state index in [1.54, 1.807) is 10.9 Å². The van der Waals surface area contributed by atoms with E-state index in [1.807, 2.05) is 20.0 Å². The van der Waals surface area contributed by atoms with Gasteiger partial charge in [0, 0.05) is 18.4 Å². The average molecular weight is 270 g/mol. The molecule has 1 unspecified atom stereocenters. The summed E-state index contributed by atoms with van der Waals surface area (Å²) < 4.78 is 1.75. The Morgan fingerprint density at radius 3 is 3.05 bits per heavy atom. The predicted molar refractivity (Wildman–Crippen MR) is 78.4 cm³/mol. The number of anilines is 1. The van der Waals surface area contributed by atoms with Crippen molar-refractivity contribution < 1.29 is 4.79 Å². The average Bonchev–Trinajstić information content (AvgIpc) is 2.75. The molecule has 0 saturated carbocycles. The minimum absolute atomic E-state index is 0.0747. The van der Waals surface area contributed by atoms with Crippen LogP contribution in [0.5, 0.6) is 0 Å². The summed E-state index contributed by atoms with van der Waals surface area (Å²) in [5.74, 6) is 0.155. The number of hydrogen-bond donors (Lipinski definition) is 1. The number of carbonyl (C=O) groups excluding carboxylic acids is 1. The lowest BCUT2D eigenvalue weighted by atomic mass is 9.93. The van der Waals surface area contributed by atoms with Crippen LogP contribution < -0.4 is 5.32 Å². The molecule has 1 aliphatic carbocycles. The molecular weight excluding hydrogens is 252 g/mol. The van der Waals surface area contributed by atoms with Crippen molar-refractivity contribution in [1.29, 1.82) is 0 Å². The van der Waals surface area contributed by atoms with Gasteiger partial charge in [0.2, 0.25) is 5.91 Å². The van der Waals surface area contributed by atoms with E-state index in [0.717, 1.165) is 41.7 Å². The van der Waals surface area contributed by atoms with E-state index in [-0.39, 0.29) is 11.8 Å². The summed E-state index contributed by atoms with van der Waals surface area (Å²) in [6.07, 6.45) is 8.64. The van der Waals surface area contributed by atoms with Crippen LogP contribution >= 0.6 is 0 Å². The minimum Gasteiger partial charge on any atom is -0.324 e. The number of fused-ring (bicyclic) bond motifs is 1. The number of carbonyl (C=O) groups is 1. The first-order valence-corrected chi connectivity index (χ1v) is 6.90. The predicted octanol–water partition coefficient (Wildman–Crippen LogP) is 2.57. The molecule has 0 aliphatic heterocycles. The van der Waals surface area contributed by atoms with Crippen LogP contribution in [0.1, 0.15) is 25.0 Å². The molecule has 0 fully saturated rings. The Morgan fingerprint density at radius 2 is 2.30 bits per heavy atom. The zero-order valence-corrected chi connectivity index (χ0v) is 11.8. The van der Waals surface area contributed by atoms with Crippen molar-refractivity contribution in [1.82, 2.24) is 14.8 Å². The molecule has 0 aromatic carbocycles. The number of nitrogens with one attached hydrogen (secondary N) is 1. The number of nitrogens with zero attached hydrogens (tertiary/aromatic N) is 3. The molecule has 20 heavy (non-hydrogen) atoms. The van der Waals surface area contributed by atoms with E-state index in [2.05, 4.69) is 27.6 Å². The summed E-state index contributed by atoms with van der Waals surface area (Å²) in [6, 6.07) is 1.95. The maximum absolute atomic E-state index is 12.2. The molecule has 0 saturated heterocycles. The van der Waals surface area contributed by atoms with E-state index in [4.69, 9.17) is 0 Å². The third kappa shape index (κ3) is 2.31. The summed E-state index contributed by atoms with van der Waals surface area (Å²) in [6.45, 7) is 1.95. The molecule has 5 heteroatoms. The third-order valence-electron chi connectivity index (χ3n) is 3.77. The molecule has 5 nitrogen and oxygen atoms in total. The zero-order valence-electron chi connectivity index (χ0n) is 11.8. The van der Waals surface area contributed by atoms with Gasteiger partial charge in [0.25, 0.3) is 0 Å². The van der Waals surface area contributed by atoms with Gasteiger partial charge < -0.3 is 5.32 Å². The molecular formula is C15H18N4O. The molecule has 0 bridgehead atoms. The van der Waals surface area contributed by atoms with Gasteiger partial charge in [0.15, 0.2) is 5.65 Å². The summed E-state index contributed by atoms with van der Waals surface area (Å²) in [4.78, 5) is 16.6. The quantitative estimate of drug-likeness (QED) is 0.853. The highest BCUT2D eigenvalue weighted by atomic mass is 16.1. The molecule has 1 aliphatic rings. The second-order valence-corrected chi connectivity index (χ2v) is 5.27. The Morgan fingerprint density at radius 1 is 1.45 bits per heavy atom. The molecule has 2 heterocycles. The lowest BCUT2D eigenvalue weighted by molar-refractivity contribution is -0.120. The monoisotopic (exact) mass is 270 g/mol. The van der Waals surface area contributed by atoms with Crippen LogP contribution in [-0.4, -0.2) is 20.7 Å². The molecule has 1 atom stereocenters. The van der Waals surface area contributed by atoms with Crippen molar-refractivity contribution in [2.45, 2.75) is 26.2 Å². The van der Waals surface area contributed by atoms with Crippen LogP contribution in [0, 0.1) is 12.8 Å². The molecule has 0 spiro atoms. The summed E-state index contributed by atoms with van der Waals surface area (Å²) in [5.41, 5.74) is 2.50. The lowest BCUT2D eigenvalue weighted by Gasteiger charge is -2.17. The first-order chi connectivity index (χ1) is 9.65. The van der Waals surface area contributed by atoms with Crippen LogP contribution in [0.15, 0.2) is 24.4 Å². The molecule has 104 valence electrons. The Bertz CT molecular complexity index is 686. The van der Waals surface area contributed by atoms with Gasteiger partial charge in [-0.3, -0.25) is 9.48 Å². The number of amides is 1. The molecule has 1 N–H and O–H groups in total. The second-order valence-electron chi connectivity index (χ2n) is 5.27. The van der Waals surface area contributed by atoms with Crippen molar-refractivity contribution in [2.24, 2.45) is 13.0 Å². The number of rotatable bonds is 2. The van der Waals surface area contributed by atoms with Gasteiger partial charge in [-0.25, -0.2) is 4.98 Å². The molecule has 2 aromatic heterocycles. The Labute approximate surface area is 117 Å². The van der Waals surface area contributed by atoms with Gasteiger partial charge in [-0.15, -0.1) is 0 Å². The largest absolute Gasteiger partial charge is 0.324 e. The number of aromatic nitrogens is 3. The van der Waals surface area contributed by atoms with Crippen molar-refractivity contribution in [2.75, 3.05) is 5.32 Å². The fraction of sp³-hybridized carbons (Fsp3) is 0.400. The van der Waals surface area contributed by atoms with E-state index in [9.17, 15) is 4.79 Å². The van der Waals surface area contributed by atoms with E-state index in [0.29, 0.717) is 0 Å². The summed E-state index contributed by atoms with van der Waals surface area (Å²) in [7, 11) is 1.87. The van der Waals surface area contributed by atoms with Crippen LogP contribution in [0.4, 0.5) is 5.69 Å². The maximum atomic E-state index is 12.2. The lowest BCUT2D eigenvalue weighted by Crippen LogP contribution is -2.23. The van der Waals surface area contributed by atoms with Crippen molar-refractivity contribution in [3.63, 3.8) is 0 Å². The Kier molecular flexibility index (Phi) is 3.26. The van der Waals surface area contributed by atoms with Crippen LogP contribution in [-0.2, 0) is 11.8 Å². The van der Waals surface area contributed by atoms with E-state index >= 15 is 0 Å². The fourth-order valence-electron chi connectivity index (χ4n) is 2.65. The smallest absolute Gasteiger partial charge is 0.227 e. The number of aryl methyl sites for hydroxylation is 2. The normalized spacial score (nSPS) is 18.4. The fourth-order valence-corrected chi connectivity index (χ4v) is 2.65. The van der Waals surface area contributed by atoms with Crippen molar-refractivity contribution in [3.05, 3.63) is 30.1 Å². The van der Waals surface area contributed by atoms with Crippen LogP contribution in [0.25, 0.3) is 11.0 Å². The number of hydrogen-bond acceptors (Lipinski definition) is 3. The van der Waals surface area contributed by atoms with E-state index < -0.39 is 0 Å². The van der Waals surface area contributed by atoms with Gasteiger partial charge in [-0.1, -0.05) is 12.2 Å². The van der Waals surface area contributed by atoms with Crippen molar-refractivity contribution >= 4 is 22.6 Å². The molecule has 1 amide bonds. The molecule has 0 radical (unpaired) electrons. The summed E-state index contributed by atoms with van der Waals surface area (Å²) in [5, 5.41) is 8.28. The molecule has 2 aromatic rings. The van der Waals surface area contributed by atoms with Gasteiger partial charge in [-0.05, 0) is 32.3 Å².